The average Bonchev–Trinajstić information content (AvgIpc) is 2.74. The molecule has 1 N–H and O–H groups in total. The monoisotopic (exact) mass is 520 g/mol. The molecule has 0 aromatic heterocycles. The van der Waals surface area contributed by atoms with Gasteiger partial charge < -0.3 is 9.80 Å². The molecule has 0 saturated carbocycles. The Hall–Kier alpha value is -2.46. The van der Waals surface area contributed by atoms with E-state index in [1.54, 1.807) is 30.3 Å². The Morgan fingerprint density at radius 2 is 1.77 bits per heavy atom. The van der Waals surface area contributed by atoms with Crippen molar-refractivity contribution < 1.29 is 17.6 Å². The number of nitrogens with zero attached hydrogens (tertiary/aromatic N) is 3. The summed E-state index contributed by atoms with van der Waals surface area (Å²) in [6.45, 7) is 5.50. The van der Waals surface area contributed by atoms with Gasteiger partial charge in [0.15, 0.2) is 0 Å². The maximum atomic E-state index is 13.3. The molecule has 2 aromatic rings. The minimum atomic E-state index is -3.51. The highest BCUT2D eigenvalue weighted by atomic mass is 35.5. The number of piperazine rings is 2. The molecular weight excluding hydrogens is 491 g/mol. The number of amides is 1. The first-order valence-corrected chi connectivity index (χ1v) is 13.7. The normalized spacial score (nSPS) is 21.5. The Kier molecular flexibility index (Phi) is 7.51. The van der Waals surface area contributed by atoms with Gasteiger partial charge in [0.05, 0.1) is 24.0 Å². The second-order valence-corrected chi connectivity index (χ2v) is 11.6. The van der Waals surface area contributed by atoms with Crippen LogP contribution in [0, 0.1) is 12.7 Å². The fourth-order valence-corrected chi connectivity index (χ4v) is 5.68. The van der Waals surface area contributed by atoms with Gasteiger partial charge in [0, 0.05) is 43.8 Å². The van der Waals surface area contributed by atoms with Crippen LogP contribution in [0.15, 0.2) is 42.5 Å². The number of benzene rings is 2. The Labute approximate surface area is 211 Å². The molecule has 188 valence electrons. The van der Waals surface area contributed by atoms with Crippen molar-refractivity contribution in [1.29, 1.82) is 0 Å². The highest BCUT2D eigenvalue weighted by Gasteiger charge is 2.41. The van der Waals surface area contributed by atoms with Gasteiger partial charge in [0.2, 0.25) is 15.9 Å². The van der Waals surface area contributed by atoms with Gasteiger partial charge >= 0.3 is 0 Å². The summed E-state index contributed by atoms with van der Waals surface area (Å²) in [6.07, 6.45) is 4.23. The summed E-state index contributed by atoms with van der Waals surface area (Å²) in [7, 11) is -1.45. The van der Waals surface area contributed by atoms with Gasteiger partial charge in [0.1, 0.15) is 5.82 Å². The van der Waals surface area contributed by atoms with E-state index in [2.05, 4.69) is 21.6 Å². The van der Waals surface area contributed by atoms with Crippen molar-refractivity contribution in [3.8, 4) is 0 Å². The van der Waals surface area contributed by atoms with Crippen LogP contribution in [0.2, 0.25) is 5.02 Å². The summed E-state index contributed by atoms with van der Waals surface area (Å²) in [5, 5.41) is 0.439. The highest BCUT2D eigenvalue weighted by molar-refractivity contribution is 7.92. The van der Waals surface area contributed by atoms with Crippen molar-refractivity contribution in [3.63, 3.8) is 0 Å². The molecule has 2 aliphatic heterocycles. The van der Waals surface area contributed by atoms with Crippen LogP contribution >= 0.6 is 11.6 Å². The summed E-state index contributed by atoms with van der Waals surface area (Å²) < 4.78 is 39.3. The molecule has 10 heteroatoms. The van der Waals surface area contributed by atoms with E-state index < -0.39 is 10.0 Å². The zero-order valence-electron chi connectivity index (χ0n) is 20.0. The number of nitrogens with one attached hydrogen (secondary N) is 1. The van der Waals surface area contributed by atoms with Crippen LogP contribution in [0.5, 0.6) is 0 Å². The maximum absolute atomic E-state index is 13.3. The number of hydrogen-bond donors (Lipinski definition) is 1. The van der Waals surface area contributed by atoms with Crippen LogP contribution in [0.4, 0.5) is 10.1 Å². The van der Waals surface area contributed by atoms with Crippen molar-refractivity contribution in [3.05, 3.63) is 70.0 Å². The number of aryl methyl sites for hydroxylation is 1. The molecule has 2 saturated heterocycles. The van der Waals surface area contributed by atoms with E-state index >= 15 is 0 Å². The lowest BCUT2D eigenvalue weighted by molar-refractivity contribution is -0.140. The molecule has 7 nitrogen and oxygen atoms in total. The lowest BCUT2D eigenvalue weighted by Crippen LogP contribution is -2.68. The molecule has 0 spiro atoms. The molecule has 2 heterocycles. The molecule has 1 amide bonds. The number of likely N-dealkylation sites (N-methyl/N-ethyl adjacent to an activating group) is 1. The van der Waals surface area contributed by atoms with Gasteiger partial charge in [-0.05, 0) is 61.0 Å². The van der Waals surface area contributed by atoms with Crippen LogP contribution in [0.3, 0.4) is 0 Å². The van der Waals surface area contributed by atoms with E-state index in [4.69, 9.17) is 11.6 Å². The Bertz CT molecular complexity index is 1220. The number of carbonyl (C=O) groups excluding carboxylic acids is 1. The third kappa shape index (κ3) is 6.41. The quantitative estimate of drug-likeness (QED) is 0.592. The second kappa shape index (κ2) is 10.3. The molecule has 2 aliphatic rings. The second-order valence-electron chi connectivity index (χ2n) is 9.49. The van der Waals surface area contributed by atoms with E-state index in [-0.39, 0.29) is 23.8 Å². The SMILES string of the molecule is Cc1cc(/C=C/C(=O)N2C3CN(C)CC2CN(Cc2ccc(F)cc2)C3)c(NS(C)(=O)=O)cc1Cl. The number of hydrogen-bond acceptors (Lipinski definition) is 5. The zero-order valence-corrected chi connectivity index (χ0v) is 21.6. The number of sulfonamides is 1. The Morgan fingerprint density at radius 1 is 1.14 bits per heavy atom. The summed E-state index contributed by atoms with van der Waals surface area (Å²) in [4.78, 5) is 19.9. The fraction of sp³-hybridized carbons (Fsp3) is 0.400. The number of rotatable bonds is 6. The lowest BCUT2D eigenvalue weighted by Gasteiger charge is -2.52. The Balaban J connectivity index is 1.52. The highest BCUT2D eigenvalue weighted by Crippen LogP contribution is 2.28. The minimum absolute atomic E-state index is 0.0191. The van der Waals surface area contributed by atoms with Gasteiger partial charge in [0.25, 0.3) is 0 Å². The van der Waals surface area contributed by atoms with Crippen LogP contribution in [0.1, 0.15) is 16.7 Å². The fourth-order valence-electron chi connectivity index (χ4n) is 4.94. The number of carbonyl (C=O) groups is 1. The first-order valence-electron chi connectivity index (χ1n) is 11.4. The molecule has 2 unspecified atom stereocenters. The molecule has 4 rings (SSSR count). The third-order valence-electron chi connectivity index (χ3n) is 6.38. The van der Waals surface area contributed by atoms with Crippen LogP contribution in [0.25, 0.3) is 6.08 Å². The first-order chi connectivity index (χ1) is 16.5. The smallest absolute Gasteiger partial charge is 0.247 e. The van der Waals surface area contributed by atoms with Gasteiger partial charge in [-0.25, -0.2) is 12.8 Å². The van der Waals surface area contributed by atoms with E-state index in [0.717, 1.165) is 43.6 Å². The van der Waals surface area contributed by atoms with Gasteiger partial charge in [-0.1, -0.05) is 23.7 Å². The molecule has 2 bridgehead atoms. The van der Waals surface area contributed by atoms with E-state index in [0.29, 0.717) is 22.8 Å². The van der Waals surface area contributed by atoms with Crippen LogP contribution in [-0.4, -0.2) is 80.6 Å². The lowest BCUT2D eigenvalue weighted by atomic mass is 9.99. The minimum Gasteiger partial charge on any atom is -0.328 e. The summed E-state index contributed by atoms with van der Waals surface area (Å²) in [5.74, 6) is -0.354. The van der Waals surface area contributed by atoms with Gasteiger partial charge in [-0.15, -0.1) is 0 Å². The standard InChI is InChI=1S/C25H30ClFN4O3S/c1-17-10-19(24(11-23(17)26)28-35(3,33)34)6-9-25(32)31-21-13-29(2)14-22(31)16-30(15-21)12-18-4-7-20(27)8-5-18/h4-11,21-22,28H,12-16H2,1-3H3/b9-6+. The summed E-state index contributed by atoms with van der Waals surface area (Å²) in [5.41, 5.74) is 2.73. The topological polar surface area (TPSA) is 73.0 Å². The Morgan fingerprint density at radius 3 is 2.37 bits per heavy atom. The number of fused-ring (bicyclic) bond motifs is 2. The molecular formula is C25H30ClFN4O3S. The third-order valence-corrected chi connectivity index (χ3v) is 7.37. The largest absolute Gasteiger partial charge is 0.328 e. The van der Waals surface area contributed by atoms with Crippen LogP contribution in [-0.2, 0) is 21.4 Å². The van der Waals surface area contributed by atoms with Crippen LogP contribution < -0.4 is 4.72 Å². The van der Waals surface area contributed by atoms with Crippen molar-refractivity contribution in [2.75, 3.05) is 44.2 Å². The summed E-state index contributed by atoms with van der Waals surface area (Å²) in [6, 6.07) is 9.90. The van der Waals surface area contributed by atoms with Crippen molar-refractivity contribution in [2.45, 2.75) is 25.6 Å². The van der Waals surface area contributed by atoms with Gasteiger partial charge in [-0.2, -0.15) is 0 Å². The van der Waals surface area contributed by atoms with Crippen molar-refractivity contribution in [1.82, 2.24) is 14.7 Å². The molecule has 0 aliphatic carbocycles. The first kappa shape index (κ1) is 25.6. The van der Waals surface area contributed by atoms with Gasteiger partial charge in [-0.3, -0.25) is 14.4 Å². The van der Waals surface area contributed by atoms with Crippen molar-refractivity contribution >= 4 is 39.3 Å². The predicted octanol–water partition coefficient (Wildman–Crippen LogP) is 3.20. The van der Waals surface area contributed by atoms with E-state index in [1.165, 1.54) is 18.2 Å². The zero-order chi connectivity index (χ0) is 25.3. The molecule has 2 fully saturated rings. The molecule has 2 atom stereocenters. The number of anilines is 1. The molecule has 2 aromatic carbocycles. The molecule has 35 heavy (non-hydrogen) atoms. The molecule has 0 radical (unpaired) electrons. The maximum Gasteiger partial charge on any atom is 0.247 e. The average molecular weight is 521 g/mol. The van der Waals surface area contributed by atoms with E-state index in [1.807, 2.05) is 11.8 Å². The predicted molar refractivity (Wildman–Crippen MR) is 137 cm³/mol. The summed E-state index contributed by atoms with van der Waals surface area (Å²) >= 11 is 6.19. The number of halogens is 2. The van der Waals surface area contributed by atoms with Crippen molar-refractivity contribution in [2.24, 2.45) is 0 Å². The van der Waals surface area contributed by atoms with E-state index in [9.17, 15) is 17.6 Å².